The summed E-state index contributed by atoms with van der Waals surface area (Å²) < 4.78 is 5.61. The van der Waals surface area contributed by atoms with Gasteiger partial charge in [0.1, 0.15) is 38.5 Å². The molecule has 1 saturated heterocycles. The molecular weight excluding hydrogens is 394 g/mol. The standard InChI is InChI=1S/C24H31N3O2S/c1-19-2-5-22(6-3-19)30-15-9-25-24(28)18-27-12-10-26(11-13-27)17-20-4-7-23-21(16-20)8-14-29-23/h2-7,16H,8-15,17-18H2,1H3,(H,25,28)/p+2. The Kier molecular flexibility index (Phi) is 7.31. The maximum atomic E-state index is 12.3. The van der Waals surface area contributed by atoms with E-state index in [1.165, 1.54) is 26.5 Å². The molecule has 0 saturated carbocycles. The fourth-order valence-electron chi connectivity index (χ4n) is 4.23. The molecule has 2 aromatic rings. The predicted molar refractivity (Wildman–Crippen MR) is 121 cm³/mol. The second-order valence-electron chi connectivity index (χ2n) is 8.41. The first-order chi connectivity index (χ1) is 14.7. The van der Waals surface area contributed by atoms with Gasteiger partial charge in [0.15, 0.2) is 6.54 Å². The summed E-state index contributed by atoms with van der Waals surface area (Å²) in [6.45, 7) is 9.69. The number of carbonyl (C=O) groups is 1. The number of carbonyl (C=O) groups excluding carboxylic acids is 1. The number of amides is 1. The van der Waals surface area contributed by atoms with Gasteiger partial charge in [0.25, 0.3) is 5.91 Å². The number of nitrogens with one attached hydrogen (secondary N) is 3. The first-order valence-corrected chi connectivity index (χ1v) is 12.0. The number of hydrogen-bond donors (Lipinski definition) is 3. The van der Waals surface area contributed by atoms with Crippen LogP contribution in [0.5, 0.6) is 5.75 Å². The number of piperazine rings is 1. The third kappa shape index (κ3) is 6.00. The number of aryl methyl sites for hydroxylation is 1. The highest BCUT2D eigenvalue weighted by Gasteiger charge is 2.25. The Labute approximate surface area is 183 Å². The van der Waals surface area contributed by atoms with E-state index >= 15 is 0 Å². The van der Waals surface area contributed by atoms with Crippen molar-refractivity contribution in [3.63, 3.8) is 0 Å². The number of hydrogen-bond acceptors (Lipinski definition) is 3. The number of fused-ring (bicyclic) bond motifs is 1. The van der Waals surface area contributed by atoms with Crippen molar-refractivity contribution in [2.75, 3.05) is 51.6 Å². The van der Waals surface area contributed by atoms with Crippen LogP contribution in [0.25, 0.3) is 0 Å². The van der Waals surface area contributed by atoms with E-state index in [0.717, 1.165) is 63.8 Å². The maximum Gasteiger partial charge on any atom is 0.275 e. The summed E-state index contributed by atoms with van der Waals surface area (Å²) >= 11 is 1.79. The van der Waals surface area contributed by atoms with Crippen LogP contribution in [0.1, 0.15) is 16.7 Å². The molecule has 0 aromatic heterocycles. The fraction of sp³-hybridized carbons (Fsp3) is 0.458. The van der Waals surface area contributed by atoms with Crippen LogP contribution in [-0.2, 0) is 17.8 Å². The van der Waals surface area contributed by atoms with Crippen LogP contribution in [0.3, 0.4) is 0 Å². The van der Waals surface area contributed by atoms with E-state index in [1.807, 2.05) is 0 Å². The monoisotopic (exact) mass is 427 g/mol. The van der Waals surface area contributed by atoms with E-state index < -0.39 is 0 Å². The molecule has 3 N–H and O–H groups in total. The third-order valence-corrected chi connectivity index (χ3v) is 7.01. The SMILES string of the molecule is Cc1ccc(SCCNC(=O)C[NH+]2CC[NH+](Cc3ccc4c(c3)CCO4)CC2)cc1. The lowest BCUT2D eigenvalue weighted by atomic mass is 10.1. The van der Waals surface area contributed by atoms with E-state index in [-0.39, 0.29) is 5.91 Å². The largest absolute Gasteiger partial charge is 0.493 e. The Morgan fingerprint density at radius 1 is 1.07 bits per heavy atom. The zero-order valence-corrected chi connectivity index (χ0v) is 18.7. The van der Waals surface area contributed by atoms with Gasteiger partial charge in [-0.05, 0) is 42.8 Å². The van der Waals surface area contributed by atoms with Gasteiger partial charge in [-0.3, -0.25) is 4.79 Å². The summed E-state index contributed by atoms with van der Waals surface area (Å²) in [6.07, 6.45) is 1.04. The summed E-state index contributed by atoms with van der Waals surface area (Å²) in [4.78, 5) is 16.6. The van der Waals surface area contributed by atoms with Gasteiger partial charge in [0.05, 0.1) is 6.61 Å². The van der Waals surface area contributed by atoms with E-state index in [4.69, 9.17) is 4.74 Å². The highest BCUT2D eigenvalue weighted by Crippen LogP contribution is 2.25. The summed E-state index contributed by atoms with van der Waals surface area (Å²) in [5.41, 5.74) is 4.04. The van der Waals surface area contributed by atoms with Gasteiger partial charge in [0, 0.05) is 29.2 Å². The zero-order valence-electron chi connectivity index (χ0n) is 17.8. The minimum absolute atomic E-state index is 0.177. The first-order valence-electron chi connectivity index (χ1n) is 11.0. The van der Waals surface area contributed by atoms with E-state index in [9.17, 15) is 4.79 Å². The Balaban J connectivity index is 1.11. The number of thioether (sulfide) groups is 1. The van der Waals surface area contributed by atoms with Crippen molar-refractivity contribution >= 4 is 17.7 Å². The van der Waals surface area contributed by atoms with Gasteiger partial charge in [-0.2, -0.15) is 0 Å². The van der Waals surface area contributed by atoms with E-state index in [2.05, 4.69) is 54.7 Å². The lowest BCUT2D eigenvalue weighted by Gasteiger charge is -2.29. The number of ether oxygens (including phenoxy) is 1. The Morgan fingerprint density at radius 3 is 2.63 bits per heavy atom. The van der Waals surface area contributed by atoms with Crippen LogP contribution < -0.4 is 19.9 Å². The Hall–Kier alpha value is -2.02. The average molecular weight is 428 g/mol. The molecule has 5 nitrogen and oxygen atoms in total. The molecule has 30 heavy (non-hydrogen) atoms. The minimum Gasteiger partial charge on any atom is -0.493 e. The molecule has 2 heterocycles. The van der Waals surface area contributed by atoms with E-state index in [0.29, 0.717) is 6.54 Å². The highest BCUT2D eigenvalue weighted by atomic mass is 32.2. The van der Waals surface area contributed by atoms with Gasteiger partial charge >= 0.3 is 0 Å². The molecule has 0 atom stereocenters. The van der Waals surface area contributed by atoms with Crippen molar-refractivity contribution in [2.45, 2.75) is 24.8 Å². The Morgan fingerprint density at radius 2 is 1.83 bits per heavy atom. The van der Waals surface area contributed by atoms with Crippen LogP contribution in [0, 0.1) is 6.92 Å². The van der Waals surface area contributed by atoms with Crippen LogP contribution in [-0.4, -0.2) is 57.5 Å². The molecule has 160 valence electrons. The lowest BCUT2D eigenvalue weighted by molar-refractivity contribution is -1.02. The van der Waals surface area contributed by atoms with Gasteiger partial charge in [-0.15, -0.1) is 11.8 Å². The van der Waals surface area contributed by atoms with Gasteiger partial charge in [-0.1, -0.05) is 17.7 Å². The van der Waals surface area contributed by atoms with Crippen molar-refractivity contribution in [3.05, 3.63) is 59.2 Å². The molecule has 0 spiro atoms. The molecule has 1 fully saturated rings. The summed E-state index contributed by atoms with van der Waals surface area (Å²) in [5.74, 6) is 2.15. The number of quaternary nitrogens is 2. The average Bonchev–Trinajstić information content (AvgIpc) is 3.22. The molecule has 2 aromatic carbocycles. The smallest absolute Gasteiger partial charge is 0.275 e. The van der Waals surface area contributed by atoms with Gasteiger partial charge < -0.3 is 19.9 Å². The Bertz CT molecular complexity index is 848. The topological polar surface area (TPSA) is 47.2 Å². The van der Waals surface area contributed by atoms with Crippen LogP contribution in [0.15, 0.2) is 47.4 Å². The summed E-state index contributed by atoms with van der Waals surface area (Å²) in [6, 6.07) is 15.2. The fourth-order valence-corrected chi connectivity index (χ4v) is 5.00. The van der Waals surface area contributed by atoms with Crippen LogP contribution >= 0.6 is 11.8 Å². The number of rotatable bonds is 8. The molecule has 0 aliphatic carbocycles. The van der Waals surface area contributed by atoms with Crippen molar-refractivity contribution < 1.29 is 19.3 Å². The normalized spacial score (nSPS) is 20.4. The van der Waals surface area contributed by atoms with Crippen LogP contribution in [0.2, 0.25) is 0 Å². The maximum absolute atomic E-state index is 12.3. The van der Waals surface area contributed by atoms with Gasteiger partial charge in [0.2, 0.25) is 0 Å². The quantitative estimate of drug-likeness (QED) is 0.414. The molecular formula is C24H33N3O2S+2. The molecule has 2 aliphatic rings. The van der Waals surface area contributed by atoms with Crippen molar-refractivity contribution in [3.8, 4) is 5.75 Å². The van der Waals surface area contributed by atoms with E-state index in [1.54, 1.807) is 16.7 Å². The second-order valence-corrected chi connectivity index (χ2v) is 9.57. The lowest BCUT2D eigenvalue weighted by Crippen LogP contribution is -3.28. The molecule has 0 bridgehead atoms. The summed E-state index contributed by atoms with van der Waals surface area (Å²) in [5, 5.41) is 3.09. The second kappa shape index (κ2) is 10.3. The van der Waals surface area contributed by atoms with Gasteiger partial charge in [-0.25, -0.2) is 0 Å². The predicted octanol–water partition coefficient (Wildman–Crippen LogP) is 0.122. The number of benzene rings is 2. The van der Waals surface area contributed by atoms with Crippen LogP contribution in [0.4, 0.5) is 0 Å². The molecule has 0 radical (unpaired) electrons. The minimum atomic E-state index is 0.177. The molecule has 0 unspecified atom stereocenters. The molecule has 6 heteroatoms. The summed E-state index contributed by atoms with van der Waals surface area (Å²) in [7, 11) is 0. The molecule has 4 rings (SSSR count). The zero-order chi connectivity index (χ0) is 20.8. The van der Waals surface area contributed by atoms with Crippen molar-refractivity contribution in [1.82, 2.24) is 5.32 Å². The van der Waals surface area contributed by atoms with Crippen molar-refractivity contribution in [1.29, 1.82) is 0 Å². The molecule has 2 aliphatic heterocycles. The first kappa shape index (κ1) is 21.2. The third-order valence-electron chi connectivity index (χ3n) is 6.00. The highest BCUT2D eigenvalue weighted by molar-refractivity contribution is 7.99. The molecule has 1 amide bonds. The van der Waals surface area contributed by atoms with Crippen molar-refractivity contribution in [2.24, 2.45) is 0 Å².